The number of rotatable bonds is 1. The Hall–Kier alpha value is -1.56. The molecule has 0 aliphatic carbocycles. The number of morpholine rings is 1. The first-order valence-corrected chi connectivity index (χ1v) is 5.02. The second-order valence-corrected chi connectivity index (χ2v) is 3.73. The van der Waals surface area contributed by atoms with E-state index in [9.17, 15) is 18.0 Å². The summed E-state index contributed by atoms with van der Waals surface area (Å²) >= 11 is 0. The van der Waals surface area contributed by atoms with E-state index in [1.807, 2.05) is 0 Å². The summed E-state index contributed by atoms with van der Waals surface area (Å²) in [5, 5.41) is 2.54. The van der Waals surface area contributed by atoms with Crippen LogP contribution >= 0.6 is 0 Å². The van der Waals surface area contributed by atoms with E-state index in [-0.39, 0.29) is 19.1 Å². The Balaban J connectivity index is 2.19. The van der Waals surface area contributed by atoms with Gasteiger partial charge in [-0.1, -0.05) is 12.1 Å². The molecule has 0 bridgehead atoms. The number of nitrogens with one attached hydrogen (secondary N) is 1. The highest BCUT2D eigenvalue weighted by molar-refractivity contribution is 5.77. The normalized spacial score (nSPS) is 21.1. The predicted molar refractivity (Wildman–Crippen MR) is 53.1 cm³/mol. The van der Waals surface area contributed by atoms with Crippen LogP contribution < -0.4 is 5.32 Å². The van der Waals surface area contributed by atoms with Gasteiger partial charge >= 0.3 is 6.18 Å². The van der Waals surface area contributed by atoms with Crippen LogP contribution in [0.2, 0.25) is 0 Å². The van der Waals surface area contributed by atoms with E-state index in [2.05, 4.69) is 5.32 Å². The molecular formula is C11H10F3NO2. The summed E-state index contributed by atoms with van der Waals surface area (Å²) in [4.78, 5) is 10.9. The number of carbonyl (C=O) groups is 1. The monoisotopic (exact) mass is 245 g/mol. The van der Waals surface area contributed by atoms with Gasteiger partial charge in [-0.25, -0.2) is 0 Å². The van der Waals surface area contributed by atoms with Gasteiger partial charge in [0, 0.05) is 6.54 Å². The Labute approximate surface area is 95.6 Å². The Morgan fingerprint density at radius 3 is 2.71 bits per heavy atom. The molecule has 0 saturated carbocycles. The lowest BCUT2D eigenvalue weighted by atomic mass is 10.0. The quantitative estimate of drug-likeness (QED) is 0.820. The van der Waals surface area contributed by atoms with Crippen molar-refractivity contribution >= 4 is 5.91 Å². The van der Waals surface area contributed by atoms with E-state index in [0.717, 1.165) is 12.1 Å². The molecule has 1 fully saturated rings. The summed E-state index contributed by atoms with van der Waals surface area (Å²) in [6.07, 6.45) is -4.89. The summed E-state index contributed by atoms with van der Waals surface area (Å²) in [7, 11) is 0. The van der Waals surface area contributed by atoms with Gasteiger partial charge in [0.1, 0.15) is 12.7 Å². The molecule has 1 aromatic carbocycles. The first-order valence-electron chi connectivity index (χ1n) is 5.02. The minimum atomic E-state index is -4.37. The van der Waals surface area contributed by atoms with Crippen molar-refractivity contribution in [2.24, 2.45) is 0 Å². The van der Waals surface area contributed by atoms with Gasteiger partial charge in [-0.3, -0.25) is 4.79 Å². The topological polar surface area (TPSA) is 38.3 Å². The Morgan fingerprint density at radius 2 is 2.12 bits per heavy atom. The zero-order valence-corrected chi connectivity index (χ0v) is 8.75. The molecule has 1 aliphatic heterocycles. The van der Waals surface area contributed by atoms with Crippen LogP contribution in [-0.4, -0.2) is 19.1 Å². The molecule has 1 atom stereocenters. The van der Waals surface area contributed by atoms with Gasteiger partial charge in [0.05, 0.1) is 5.56 Å². The van der Waals surface area contributed by atoms with E-state index >= 15 is 0 Å². The lowest BCUT2D eigenvalue weighted by Crippen LogP contribution is -2.38. The van der Waals surface area contributed by atoms with Crippen LogP contribution in [0.25, 0.3) is 0 Å². The lowest BCUT2D eigenvalue weighted by Gasteiger charge is -2.24. The predicted octanol–water partition coefficient (Wildman–Crippen LogP) is 1.89. The molecule has 0 spiro atoms. The van der Waals surface area contributed by atoms with E-state index < -0.39 is 17.8 Å². The van der Waals surface area contributed by atoms with Gasteiger partial charge < -0.3 is 10.1 Å². The van der Waals surface area contributed by atoms with E-state index in [1.54, 1.807) is 6.07 Å². The molecule has 3 nitrogen and oxygen atoms in total. The summed E-state index contributed by atoms with van der Waals surface area (Å²) < 4.78 is 42.6. The van der Waals surface area contributed by atoms with Crippen molar-refractivity contribution in [3.63, 3.8) is 0 Å². The number of carbonyl (C=O) groups excluding carboxylic acids is 1. The minimum absolute atomic E-state index is 0.124. The minimum Gasteiger partial charge on any atom is -0.362 e. The largest absolute Gasteiger partial charge is 0.416 e. The zero-order valence-electron chi connectivity index (χ0n) is 8.75. The third kappa shape index (κ3) is 2.76. The highest BCUT2D eigenvalue weighted by Gasteiger charge is 2.31. The Morgan fingerprint density at radius 1 is 1.35 bits per heavy atom. The molecule has 1 aromatic rings. The Kier molecular flexibility index (Phi) is 3.06. The average Bonchev–Trinajstić information content (AvgIpc) is 2.29. The van der Waals surface area contributed by atoms with Gasteiger partial charge in [0.2, 0.25) is 5.91 Å². The second kappa shape index (κ2) is 4.37. The van der Waals surface area contributed by atoms with Gasteiger partial charge in [0.25, 0.3) is 0 Å². The smallest absolute Gasteiger partial charge is 0.362 e. The van der Waals surface area contributed by atoms with E-state index in [4.69, 9.17) is 4.74 Å². The Bertz CT molecular complexity index is 421. The van der Waals surface area contributed by atoms with Crippen LogP contribution in [0.15, 0.2) is 24.3 Å². The highest BCUT2D eigenvalue weighted by Crippen LogP contribution is 2.31. The third-order valence-electron chi connectivity index (χ3n) is 2.49. The van der Waals surface area contributed by atoms with Gasteiger partial charge in [0.15, 0.2) is 0 Å². The summed E-state index contributed by atoms with van der Waals surface area (Å²) in [6, 6.07) is 4.93. The number of hydrogen-bond donors (Lipinski definition) is 1. The molecule has 1 aliphatic rings. The zero-order chi connectivity index (χ0) is 12.5. The van der Waals surface area contributed by atoms with Crippen molar-refractivity contribution in [3.05, 3.63) is 35.4 Å². The molecule has 0 unspecified atom stereocenters. The fourth-order valence-corrected chi connectivity index (χ4v) is 1.62. The third-order valence-corrected chi connectivity index (χ3v) is 2.49. The molecule has 1 saturated heterocycles. The molecule has 0 aromatic heterocycles. The molecule has 1 N–H and O–H groups in total. The van der Waals surface area contributed by atoms with Crippen molar-refractivity contribution < 1.29 is 22.7 Å². The molecular weight excluding hydrogens is 235 g/mol. The maximum Gasteiger partial charge on any atom is 0.416 e. The van der Waals surface area contributed by atoms with Crippen LogP contribution in [-0.2, 0) is 15.7 Å². The van der Waals surface area contributed by atoms with Crippen molar-refractivity contribution in [1.82, 2.24) is 5.32 Å². The van der Waals surface area contributed by atoms with Crippen molar-refractivity contribution in [3.8, 4) is 0 Å². The maximum atomic E-state index is 12.5. The van der Waals surface area contributed by atoms with Crippen LogP contribution in [0.3, 0.4) is 0 Å². The van der Waals surface area contributed by atoms with Crippen LogP contribution in [0.1, 0.15) is 17.2 Å². The molecule has 2 rings (SSSR count). The number of ether oxygens (including phenoxy) is 1. The van der Waals surface area contributed by atoms with Crippen LogP contribution in [0, 0.1) is 0 Å². The van der Waals surface area contributed by atoms with Crippen molar-refractivity contribution in [2.75, 3.05) is 13.2 Å². The second-order valence-electron chi connectivity index (χ2n) is 3.73. The molecule has 1 heterocycles. The molecule has 1 amide bonds. The fourth-order valence-electron chi connectivity index (χ4n) is 1.62. The summed E-state index contributed by atoms with van der Waals surface area (Å²) in [5.74, 6) is -0.256. The number of amides is 1. The first-order chi connectivity index (χ1) is 7.97. The fraction of sp³-hybridized carbons (Fsp3) is 0.364. The number of benzene rings is 1. The van der Waals surface area contributed by atoms with Gasteiger partial charge in [-0.2, -0.15) is 13.2 Å². The molecule has 6 heteroatoms. The maximum absolute atomic E-state index is 12.5. The number of alkyl halides is 3. The van der Waals surface area contributed by atoms with Gasteiger partial charge in [-0.05, 0) is 17.7 Å². The average molecular weight is 245 g/mol. The molecule has 92 valence electrons. The standard InChI is InChI=1S/C11H10F3NO2/c12-11(13,14)8-3-1-2-7(4-8)9-5-15-10(16)6-17-9/h1-4,9H,5-6H2,(H,15,16)/t9-/m1/s1. The molecule has 0 radical (unpaired) electrons. The summed E-state index contributed by atoms with van der Waals surface area (Å²) in [5.41, 5.74) is -0.296. The number of hydrogen-bond acceptors (Lipinski definition) is 2. The van der Waals surface area contributed by atoms with Crippen LogP contribution in [0.4, 0.5) is 13.2 Å². The number of halogens is 3. The highest BCUT2D eigenvalue weighted by atomic mass is 19.4. The van der Waals surface area contributed by atoms with Crippen LogP contribution in [0.5, 0.6) is 0 Å². The lowest BCUT2D eigenvalue weighted by molar-refractivity contribution is -0.138. The van der Waals surface area contributed by atoms with Gasteiger partial charge in [-0.15, -0.1) is 0 Å². The first kappa shape index (κ1) is 11.9. The SMILES string of the molecule is O=C1CO[C@@H](c2cccc(C(F)(F)F)c2)CN1. The van der Waals surface area contributed by atoms with Crippen molar-refractivity contribution in [2.45, 2.75) is 12.3 Å². The summed E-state index contributed by atoms with van der Waals surface area (Å²) in [6.45, 7) is 0.0705. The van der Waals surface area contributed by atoms with Crippen molar-refractivity contribution in [1.29, 1.82) is 0 Å². The van der Waals surface area contributed by atoms with E-state index in [0.29, 0.717) is 5.56 Å². The molecule has 17 heavy (non-hydrogen) atoms. The van der Waals surface area contributed by atoms with E-state index in [1.165, 1.54) is 6.07 Å².